The Morgan fingerprint density at radius 2 is 2.17 bits per heavy atom. The van der Waals surface area contributed by atoms with Gasteiger partial charge in [-0.2, -0.15) is 0 Å². The van der Waals surface area contributed by atoms with Crippen LogP contribution in [-0.2, 0) is 0 Å². The number of pyridine rings is 1. The van der Waals surface area contributed by atoms with E-state index in [0.29, 0.717) is 21.4 Å². The molecule has 92 valence electrons. The van der Waals surface area contributed by atoms with E-state index < -0.39 is 0 Å². The molecule has 2 rings (SSSR count). The minimum atomic E-state index is -0.237. The topological polar surface area (TPSA) is 68.0 Å². The van der Waals surface area contributed by atoms with Gasteiger partial charge in [0, 0.05) is 22.1 Å². The Kier molecular flexibility index (Phi) is 3.62. The number of rotatable bonds is 2. The molecule has 1 amide bonds. The molecule has 0 aliphatic carbocycles. The smallest absolute Gasteiger partial charge is 0.257 e. The molecule has 2 aromatic rings. The fraction of sp³-hybridized carbons (Fsp3) is 0.0769. The van der Waals surface area contributed by atoms with Crippen LogP contribution in [0.2, 0.25) is 0 Å². The second-order valence-electron chi connectivity index (χ2n) is 3.84. The van der Waals surface area contributed by atoms with E-state index in [4.69, 9.17) is 5.73 Å². The molecular formula is C13H12BrN3O. The molecule has 0 fully saturated rings. The number of nitrogens with two attached hydrogens (primary N) is 1. The van der Waals surface area contributed by atoms with Gasteiger partial charge in [-0.05, 0) is 47.1 Å². The SMILES string of the molecule is Cc1cc(NC(=O)c2cccc(Br)c2N)ccn1. The lowest BCUT2D eigenvalue weighted by Gasteiger charge is -2.08. The normalized spacial score (nSPS) is 10.1. The number of aryl methyl sites for hydroxylation is 1. The van der Waals surface area contributed by atoms with Gasteiger partial charge in [0.05, 0.1) is 11.3 Å². The van der Waals surface area contributed by atoms with Crippen LogP contribution in [0.4, 0.5) is 11.4 Å². The van der Waals surface area contributed by atoms with E-state index in [1.165, 1.54) is 0 Å². The minimum Gasteiger partial charge on any atom is -0.397 e. The van der Waals surface area contributed by atoms with E-state index in [9.17, 15) is 4.79 Å². The first kappa shape index (κ1) is 12.6. The summed E-state index contributed by atoms with van der Waals surface area (Å²) in [4.78, 5) is 16.1. The minimum absolute atomic E-state index is 0.237. The molecular weight excluding hydrogens is 294 g/mol. The molecule has 18 heavy (non-hydrogen) atoms. The summed E-state index contributed by atoms with van der Waals surface area (Å²) in [5, 5.41) is 2.79. The Balaban J connectivity index is 2.25. The molecule has 5 heteroatoms. The summed E-state index contributed by atoms with van der Waals surface area (Å²) >= 11 is 3.30. The first-order valence-electron chi connectivity index (χ1n) is 5.36. The third kappa shape index (κ3) is 2.68. The molecule has 1 heterocycles. The van der Waals surface area contributed by atoms with Crippen molar-refractivity contribution < 1.29 is 4.79 Å². The van der Waals surface area contributed by atoms with E-state index in [2.05, 4.69) is 26.2 Å². The highest BCUT2D eigenvalue weighted by Gasteiger charge is 2.11. The van der Waals surface area contributed by atoms with Crippen LogP contribution in [0, 0.1) is 6.92 Å². The van der Waals surface area contributed by atoms with Gasteiger partial charge in [0.1, 0.15) is 0 Å². The first-order valence-corrected chi connectivity index (χ1v) is 6.15. The van der Waals surface area contributed by atoms with Crippen LogP contribution in [0.5, 0.6) is 0 Å². The number of benzene rings is 1. The first-order chi connectivity index (χ1) is 8.58. The number of hydrogen-bond acceptors (Lipinski definition) is 3. The van der Waals surface area contributed by atoms with Crippen LogP contribution in [-0.4, -0.2) is 10.9 Å². The van der Waals surface area contributed by atoms with Crippen LogP contribution >= 0.6 is 15.9 Å². The van der Waals surface area contributed by atoms with Crippen molar-refractivity contribution in [2.45, 2.75) is 6.92 Å². The van der Waals surface area contributed by atoms with E-state index in [1.54, 1.807) is 36.5 Å². The second kappa shape index (κ2) is 5.18. The van der Waals surface area contributed by atoms with Gasteiger partial charge in [0.15, 0.2) is 0 Å². The van der Waals surface area contributed by atoms with Gasteiger partial charge < -0.3 is 11.1 Å². The maximum atomic E-state index is 12.1. The van der Waals surface area contributed by atoms with Crippen molar-refractivity contribution in [1.29, 1.82) is 0 Å². The Morgan fingerprint density at radius 3 is 2.89 bits per heavy atom. The average Bonchev–Trinajstić information content (AvgIpc) is 2.32. The maximum absolute atomic E-state index is 12.1. The standard InChI is InChI=1S/C13H12BrN3O/c1-8-7-9(5-6-16-8)17-13(18)10-3-2-4-11(14)12(10)15/h2-7H,15H2,1H3,(H,16,17,18). The fourth-order valence-corrected chi connectivity index (χ4v) is 1.92. The molecule has 0 unspecified atom stereocenters. The van der Waals surface area contributed by atoms with Gasteiger partial charge in [0.2, 0.25) is 0 Å². The molecule has 0 aliphatic heterocycles. The predicted octanol–water partition coefficient (Wildman–Crippen LogP) is 2.99. The molecule has 0 atom stereocenters. The lowest BCUT2D eigenvalue weighted by Crippen LogP contribution is -2.14. The lowest BCUT2D eigenvalue weighted by molar-refractivity contribution is 0.102. The van der Waals surface area contributed by atoms with Gasteiger partial charge in [-0.15, -0.1) is 0 Å². The third-order valence-electron chi connectivity index (χ3n) is 2.45. The number of hydrogen-bond donors (Lipinski definition) is 2. The third-order valence-corrected chi connectivity index (χ3v) is 3.14. The molecule has 4 nitrogen and oxygen atoms in total. The van der Waals surface area contributed by atoms with Gasteiger partial charge in [-0.1, -0.05) is 6.07 Å². The van der Waals surface area contributed by atoms with Crippen molar-refractivity contribution in [3.63, 3.8) is 0 Å². The van der Waals surface area contributed by atoms with E-state index >= 15 is 0 Å². The highest BCUT2D eigenvalue weighted by molar-refractivity contribution is 9.10. The van der Waals surface area contributed by atoms with E-state index in [-0.39, 0.29) is 5.91 Å². The number of nitrogens with zero attached hydrogens (tertiary/aromatic N) is 1. The summed E-state index contributed by atoms with van der Waals surface area (Å²) in [6.07, 6.45) is 1.65. The van der Waals surface area contributed by atoms with Crippen LogP contribution in [0.15, 0.2) is 41.0 Å². The number of nitrogens with one attached hydrogen (secondary N) is 1. The number of aromatic nitrogens is 1. The lowest BCUT2D eigenvalue weighted by atomic mass is 10.1. The second-order valence-corrected chi connectivity index (χ2v) is 4.70. The number of para-hydroxylation sites is 1. The monoisotopic (exact) mass is 305 g/mol. The molecule has 0 saturated heterocycles. The van der Waals surface area contributed by atoms with Gasteiger partial charge in [-0.3, -0.25) is 9.78 Å². The van der Waals surface area contributed by atoms with E-state index in [1.807, 2.05) is 6.92 Å². The Hall–Kier alpha value is -1.88. The molecule has 0 saturated carbocycles. The van der Waals surface area contributed by atoms with E-state index in [0.717, 1.165) is 5.69 Å². The van der Waals surface area contributed by atoms with Crippen molar-refractivity contribution in [3.05, 3.63) is 52.3 Å². The van der Waals surface area contributed by atoms with Crippen molar-refractivity contribution in [1.82, 2.24) is 4.98 Å². The van der Waals surface area contributed by atoms with Crippen molar-refractivity contribution in [3.8, 4) is 0 Å². The molecule has 3 N–H and O–H groups in total. The Morgan fingerprint density at radius 1 is 1.39 bits per heavy atom. The van der Waals surface area contributed by atoms with Crippen LogP contribution in [0.3, 0.4) is 0 Å². The quantitative estimate of drug-likeness (QED) is 0.838. The van der Waals surface area contributed by atoms with Gasteiger partial charge >= 0.3 is 0 Å². The van der Waals surface area contributed by atoms with Crippen LogP contribution in [0.1, 0.15) is 16.1 Å². The van der Waals surface area contributed by atoms with Crippen LogP contribution < -0.4 is 11.1 Å². The number of nitrogen functional groups attached to an aromatic ring is 1. The molecule has 1 aromatic heterocycles. The number of carbonyl (C=O) groups is 1. The average molecular weight is 306 g/mol. The summed E-state index contributed by atoms with van der Waals surface area (Å²) in [7, 11) is 0. The highest BCUT2D eigenvalue weighted by atomic mass is 79.9. The molecule has 1 aromatic carbocycles. The highest BCUT2D eigenvalue weighted by Crippen LogP contribution is 2.23. The fourth-order valence-electron chi connectivity index (χ4n) is 1.56. The zero-order chi connectivity index (χ0) is 13.1. The maximum Gasteiger partial charge on any atom is 0.257 e. The molecule has 0 bridgehead atoms. The molecule has 0 radical (unpaired) electrons. The Labute approximate surface area is 113 Å². The van der Waals surface area contributed by atoms with Crippen molar-refractivity contribution >= 4 is 33.2 Å². The summed E-state index contributed by atoms with van der Waals surface area (Å²) < 4.78 is 0.709. The predicted molar refractivity (Wildman–Crippen MR) is 75.5 cm³/mol. The van der Waals surface area contributed by atoms with Crippen molar-refractivity contribution in [2.75, 3.05) is 11.1 Å². The number of amides is 1. The zero-order valence-corrected chi connectivity index (χ0v) is 11.4. The Bertz CT molecular complexity index is 599. The number of anilines is 2. The van der Waals surface area contributed by atoms with Gasteiger partial charge in [0.25, 0.3) is 5.91 Å². The van der Waals surface area contributed by atoms with Crippen LogP contribution in [0.25, 0.3) is 0 Å². The molecule has 0 spiro atoms. The summed E-state index contributed by atoms with van der Waals surface area (Å²) in [5.41, 5.74) is 8.27. The number of carbonyl (C=O) groups excluding carboxylic acids is 1. The summed E-state index contributed by atoms with van der Waals surface area (Å²) in [5.74, 6) is -0.237. The molecule has 0 aliphatic rings. The van der Waals surface area contributed by atoms with Crippen molar-refractivity contribution in [2.24, 2.45) is 0 Å². The summed E-state index contributed by atoms with van der Waals surface area (Å²) in [6.45, 7) is 1.86. The summed E-state index contributed by atoms with van der Waals surface area (Å²) in [6, 6.07) is 8.78. The van der Waals surface area contributed by atoms with Gasteiger partial charge in [-0.25, -0.2) is 0 Å². The zero-order valence-electron chi connectivity index (χ0n) is 9.77. The largest absolute Gasteiger partial charge is 0.397 e. The number of halogens is 1.